The molecule has 6 nitrogen and oxygen atoms in total. The van der Waals surface area contributed by atoms with E-state index >= 15 is 0 Å². The predicted octanol–water partition coefficient (Wildman–Crippen LogP) is -0.169. The number of carbonyl (C=O) groups excluding carboxylic acids is 2. The molecule has 1 atom stereocenters. The van der Waals surface area contributed by atoms with Gasteiger partial charge in [-0.15, -0.1) is 0 Å². The number of hydrogen-bond acceptors (Lipinski definition) is 5. The smallest absolute Gasteiger partial charge is 0.325 e. The monoisotopic (exact) mass is 277 g/mol. The molecule has 0 aromatic carbocycles. The van der Waals surface area contributed by atoms with Crippen molar-refractivity contribution in [2.24, 2.45) is 5.92 Å². The summed E-state index contributed by atoms with van der Waals surface area (Å²) in [6.45, 7) is 3.25. The molecule has 1 aliphatic heterocycles. The van der Waals surface area contributed by atoms with Crippen molar-refractivity contribution >= 4 is 21.7 Å². The highest BCUT2D eigenvalue weighted by Crippen LogP contribution is 2.19. The largest absolute Gasteiger partial charge is 0.468 e. The van der Waals surface area contributed by atoms with Crippen LogP contribution in [-0.2, 0) is 24.2 Å². The van der Waals surface area contributed by atoms with Crippen molar-refractivity contribution in [3.63, 3.8) is 0 Å². The van der Waals surface area contributed by atoms with E-state index in [1.165, 1.54) is 12.0 Å². The number of amides is 1. The Morgan fingerprint density at radius 1 is 1.39 bits per heavy atom. The molecular weight excluding hydrogens is 258 g/mol. The first kappa shape index (κ1) is 14.9. The van der Waals surface area contributed by atoms with Crippen molar-refractivity contribution in [1.29, 1.82) is 0 Å². The van der Waals surface area contributed by atoms with Gasteiger partial charge in [-0.2, -0.15) is 0 Å². The van der Waals surface area contributed by atoms with Gasteiger partial charge in [0.1, 0.15) is 6.54 Å². The summed E-state index contributed by atoms with van der Waals surface area (Å²) in [7, 11) is -1.85. The number of esters is 1. The van der Waals surface area contributed by atoms with Crippen LogP contribution in [0.5, 0.6) is 0 Å². The molecule has 104 valence electrons. The lowest BCUT2D eigenvalue weighted by atomic mass is 10.1. The summed E-state index contributed by atoms with van der Waals surface area (Å²) in [5, 5.41) is 0. The average Bonchev–Trinajstić information content (AvgIpc) is 2.64. The maximum atomic E-state index is 12.0. The third kappa shape index (κ3) is 3.69. The van der Waals surface area contributed by atoms with Crippen LogP contribution >= 0.6 is 0 Å². The molecule has 1 unspecified atom stereocenters. The van der Waals surface area contributed by atoms with Crippen LogP contribution in [0.25, 0.3) is 0 Å². The molecule has 0 N–H and O–H groups in total. The Bertz CT molecular complexity index is 429. The minimum atomic E-state index is -3.09. The zero-order valence-corrected chi connectivity index (χ0v) is 11.7. The van der Waals surface area contributed by atoms with Crippen LogP contribution in [0.1, 0.15) is 20.3 Å². The van der Waals surface area contributed by atoms with Crippen molar-refractivity contribution in [3.8, 4) is 0 Å². The fourth-order valence-corrected chi connectivity index (χ4v) is 3.67. The molecular formula is C11H19NO5S. The van der Waals surface area contributed by atoms with Crippen molar-refractivity contribution in [1.82, 2.24) is 4.90 Å². The van der Waals surface area contributed by atoms with Crippen molar-refractivity contribution in [2.75, 3.05) is 25.2 Å². The minimum Gasteiger partial charge on any atom is -0.468 e. The highest BCUT2D eigenvalue weighted by atomic mass is 32.2. The standard InChI is InChI=1S/C11H19NO5S/c1-8(2)11(14)12(6-10(13)17-3)9-4-5-18(15,16)7-9/h8-9H,4-7H2,1-3H3. The molecule has 1 saturated heterocycles. The van der Waals surface area contributed by atoms with E-state index in [2.05, 4.69) is 4.74 Å². The Morgan fingerprint density at radius 3 is 2.39 bits per heavy atom. The normalized spacial score (nSPS) is 21.9. The Hall–Kier alpha value is -1.11. The molecule has 1 fully saturated rings. The van der Waals surface area contributed by atoms with Crippen LogP contribution in [0.4, 0.5) is 0 Å². The third-order valence-corrected chi connectivity index (χ3v) is 4.70. The SMILES string of the molecule is COC(=O)CN(C(=O)C(C)C)C1CCS(=O)(=O)C1. The number of nitrogens with zero attached hydrogens (tertiary/aromatic N) is 1. The average molecular weight is 277 g/mol. The first-order chi connectivity index (χ1) is 8.26. The summed E-state index contributed by atoms with van der Waals surface area (Å²) in [6.07, 6.45) is 0.387. The minimum absolute atomic E-state index is 0.0670. The lowest BCUT2D eigenvalue weighted by molar-refractivity contribution is -0.149. The Balaban J connectivity index is 2.84. The fraction of sp³-hybridized carbons (Fsp3) is 0.818. The predicted molar refractivity (Wildman–Crippen MR) is 65.6 cm³/mol. The first-order valence-electron chi connectivity index (χ1n) is 5.84. The lowest BCUT2D eigenvalue weighted by Crippen LogP contribution is -2.46. The van der Waals surface area contributed by atoms with Crippen molar-refractivity contribution in [2.45, 2.75) is 26.3 Å². The number of rotatable bonds is 4. The second-order valence-corrected chi connectivity index (χ2v) is 6.98. The molecule has 0 radical (unpaired) electrons. The van der Waals surface area contributed by atoms with E-state index in [0.717, 1.165) is 0 Å². The molecule has 0 saturated carbocycles. The zero-order valence-electron chi connectivity index (χ0n) is 10.9. The third-order valence-electron chi connectivity index (χ3n) is 2.95. The quantitative estimate of drug-likeness (QED) is 0.667. The van der Waals surface area contributed by atoms with Gasteiger partial charge in [-0.05, 0) is 6.42 Å². The van der Waals surface area contributed by atoms with Crippen molar-refractivity contribution < 1.29 is 22.7 Å². The molecule has 0 aromatic heterocycles. The van der Waals surface area contributed by atoms with E-state index in [-0.39, 0.29) is 29.9 Å². The van der Waals surface area contributed by atoms with Crippen LogP contribution in [0.3, 0.4) is 0 Å². The molecule has 1 rings (SSSR count). The molecule has 0 spiro atoms. The van der Waals surface area contributed by atoms with E-state index in [0.29, 0.717) is 6.42 Å². The molecule has 1 aliphatic rings. The topological polar surface area (TPSA) is 80.8 Å². The van der Waals surface area contributed by atoms with Gasteiger partial charge in [0.15, 0.2) is 9.84 Å². The Morgan fingerprint density at radius 2 is 2.00 bits per heavy atom. The molecule has 7 heteroatoms. The molecule has 1 amide bonds. The zero-order chi connectivity index (χ0) is 13.9. The van der Waals surface area contributed by atoms with Gasteiger partial charge in [-0.3, -0.25) is 9.59 Å². The fourth-order valence-electron chi connectivity index (χ4n) is 1.94. The van der Waals surface area contributed by atoms with E-state index < -0.39 is 21.8 Å². The van der Waals surface area contributed by atoms with E-state index in [9.17, 15) is 18.0 Å². The van der Waals surface area contributed by atoms with E-state index in [1.807, 2.05) is 0 Å². The van der Waals surface area contributed by atoms with Gasteiger partial charge in [-0.1, -0.05) is 13.8 Å². The van der Waals surface area contributed by atoms with E-state index in [4.69, 9.17) is 0 Å². The number of hydrogen-bond donors (Lipinski definition) is 0. The van der Waals surface area contributed by atoms with Crippen molar-refractivity contribution in [3.05, 3.63) is 0 Å². The van der Waals surface area contributed by atoms with Gasteiger partial charge in [-0.25, -0.2) is 8.42 Å². The highest BCUT2D eigenvalue weighted by molar-refractivity contribution is 7.91. The summed E-state index contributed by atoms with van der Waals surface area (Å²) in [4.78, 5) is 24.7. The number of ether oxygens (including phenoxy) is 1. The van der Waals surface area contributed by atoms with E-state index in [1.54, 1.807) is 13.8 Å². The number of carbonyl (C=O) groups is 2. The van der Waals surface area contributed by atoms with Crippen LogP contribution in [0, 0.1) is 5.92 Å². The molecule has 1 heterocycles. The second kappa shape index (κ2) is 5.69. The molecule has 0 aromatic rings. The van der Waals surface area contributed by atoms with Crippen LogP contribution in [0.2, 0.25) is 0 Å². The Labute approximate surface area is 107 Å². The summed E-state index contributed by atoms with van der Waals surface area (Å²) >= 11 is 0. The van der Waals surface area contributed by atoms with Gasteiger partial charge in [0.2, 0.25) is 5.91 Å². The van der Waals surface area contributed by atoms with Gasteiger partial charge in [0, 0.05) is 12.0 Å². The van der Waals surface area contributed by atoms with Gasteiger partial charge in [0.05, 0.1) is 18.6 Å². The second-order valence-electron chi connectivity index (χ2n) is 4.75. The summed E-state index contributed by atoms with van der Waals surface area (Å²) < 4.78 is 27.4. The maximum Gasteiger partial charge on any atom is 0.325 e. The van der Waals surface area contributed by atoms with Gasteiger partial charge >= 0.3 is 5.97 Å². The maximum absolute atomic E-state index is 12.0. The van der Waals surface area contributed by atoms with Crippen LogP contribution in [-0.4, -0.2) is 56.4 Å². The summed E-state index contributed by atoms with van der Waals surface area (Å²) in [5.74, 6) is -1.03. The Kier molecular flexibility index (Phi) is 4.72. The highest BCUT2D eigenvalue weighted by Gasteiger charge is 2.36. The van der Waals surface area contributed by atoms with Crippen LogP contribution in [0.15, 0.2) is 0 Å². The summed E-state index contributed by atoms with van der Waals surface area (Å²) in [6, 6.07) is -0.413. The number of sulfone groups is 1. The molecule has 0 bridgehead atoms. The molecule has 18 heavy (non-hydrogen) atoms. The lowest BCUT2D eigenvalue weighted by Gasteiger charge is -2.28. The molecule has 0 aliphatic carbocycles. The van der Waals surface area contributed by atoms with Gasteiger partial charge < -0.3 is 9.64 Å². The van der Waals surface area contributed by atoms with Crippen LogP contribution < -0.4 is 0 Å². The van der Waals surface area contributed by atoms with Gasteiger partial charge in [0.25, 0.3) is 0 Å². The number of methoxy groups -OCH3 is 1. The summed E-state index contributed by atoms with van der Waals surface area (Å²) in [5.41, 5.74) is 0. The first-order valence-corrected chi connectivity index (χ1v) is 7.66.